The standard InChI is InChI=1S/C21H23N3O8S/c1-31-18-7-6-16(13-19(18)33(29,30)23-8-4-3-5-9-23)22-20(25)14-10-15(21(26)32-2)12-17(11-14)24(27)28/h6-7,10-13H,3-5,8-9H2,1-2H3,(H,22,25). The number of non-ortho nitro benzene ring substituents is 1. The van der Waals surface area contributed by atoms with Crippen LogP contribution in [0.2, 0.25) is 0 Å². The average molecular weight is 477 g/mol. The van der Waals surface area contributed by atoms with Gasteiger partial charge in [-0.05, 0) is 37.1 Å². The van der Waals surface area contributed by atoms with E-state index in [2.05, 4.69) is 10.1 Å². The Morgan fingerprint density at radius 1 is 1.03 bits per heavy atom. The van der Waals surface area contributed by atoms with Crippen molar-refractivity contribution in [2.75, 3.05) is 32.6 Å². The molecule has 0 atom stereocenters. The fourth-order valence-electron chi connectivity index (χ4n) is 3.49. The molecular weight excluding hydrogens is 454 g/mol. The second-order valence-corrected chi connectivity index (χ2v) is 9.21. The number of nitrogens with one attached hydrogen (secondary N) is 1. The lowest BCUT2D eigenvalue weighted by atomic mass is 10.1. The first-order chi connectivity index (χ1) is 15.7. The van der Waals surface area contributed by atoms with Gasteiger partial charge >= 0.3 is 5.97 Å². The molecule has 0 radical (unpaired) electrons. The number of amides is 1. The molecule has 33 heavy (non-hydrogen) atoms. The number of ether oxygens (including phenoxy) is 2. The number of nitro groups is 1. The Morgan fingerprint density at radius 2 is 1.70 bits per heavy atom. The van der Waals surface area contributed by atoms with E-state index in [1.165, 1.54) is 29.6 Å². The van der Waals surface area contributed by atoms with Crippen LogP contribution >= 0.6 is 0 Å². The number of hydrogen-bond acceptors (Lipinski definition) is 8. The van der Waals surface area contributed by atoms with E-state index < -0.39 is 32.5 Å². The molecule has 2 aromatic rings. The minimum absolute atomic E-state index is 0.0982. The van der Waals surface area contributed by atoms with Gasteiger partial charge in [-0.3, -0.25) is 14.9 Å². The highest BCUT2D eigenvalue weighted by atomic mass is 32.2. The Hall–Kier alpha value is -3.51. The van der Waals surface area contributed by atoms with Gasteiger partial charge in [-0.15, -0.1) is 0 Å². The van der Waals surface area contributed by atoms with Crippen molar-refractivity contribution in [1.82, 2.24) is 4.31 Å². The second-order valence-electron chi connectivity index (χ2n) is 7.30. The van der Waals surface area contributed by atoms with Crippen LogP contribution in [0.1, 0.15) is 40.0 Å². The number of nitro benzene ring substituents is 1. The molecule has 0 aliphatic carbocycles. The largest absolute Gasteiger partial charge is 0.495 e. The van der Waals surface area contributed by atoms with Gasteiger partial charge in [-0.25, -0.2) is 13.2 Å². The van der Waals surface area contributed by atoms with E-state index in [9.17, 15) is 28.1 Å². The van der Waals surface area contributed by atoms with E-state index in [-0.39, 0.29) is 27.5 Å². The summed E-state index contributed by atoms with van der Waals surface area (Å²) in [6, 6.07) is 7.31. The lowest BCUT2D eigenvalue weighted by Gasteiger charge is -2.26. The van der Waals surface area contributed by atoms with Gasteiger partial charge in [0.05, 0.1) is 24.7 Å². The molecular formula is C21H23N3O8S. The molecule has 0 aromatic heterocycles. The van der Waals surface area contributed by atoms with Crippen molar-refractivity contribution in [2.24, 2.45) is 0 Å². The summed E-state index contributed by atoms with van der Waals surface area (Å²) in [7, 11) is -1.40. The minimum Gasteiger partial charge on any atom is -0.495 e. The summed E-state index contributed by atoms with van der Waals surface area (Å²) in [6.07, 6.45) is 2.47. The maximum Gasteiger partial charge on any atom is 0.338 e. The normalized spacial score (nSPS) is 14.4. The van der Waals surface area contributed by atoms with Crippen molar-refractivity contribution in [2.45, 2.75) is 24.2 Å². The maximum atomic E-state index is 13.2. The van der Waals surface area contributed by atoms with Crippen molar-refractivity contribution < 1.29 is 32.4 Å². The van der Waals surface area contributed by atoms with Crippen LogP contribution in [-0.4, -0.2) is 56.8 Å². The zero-order valence-electron chi connectivity index (χ0n) is 18.1. The van der Waals surface area contributed by atoms with E-state index >= 15 is 0 Å². The Balaban J connectivity index is 1.95. The number of anilines is 1. The van der Waals surface area contributed by atoms with Gasteiger partial charge < -0.3 is 14.8 Å². The Morgan fingerprint density at radius 3 is 2.30 bits per heavy atom. The molecule has 176 valence electrons. The van der Waals surface area contributed by atoms with E-state index in [4.69, 9.17) is 4.74 Å². The van der Waals surface area contributed by atoms with Crippen LogP contribution in [0.15, 0.2) is 41.3 Å². The second kappa shape index (κ2) is 9.96. The summed E-state index contributed by atoms with van der Waals surface area (Å²) < 4.78 is 37.5. The highest BCUT2D eigenvalue weighted by Crippen LogP contribution is 2.31. The number of sulfonamides is 1. The minimum atomic E-state index is -3.86. The number of carbonyl (C=O) groups is 2. The molecule has 1 amide bonds. The third-order valence-corrected chi connectivity index (χ3v) is 7.09. The number of nitrogens with zero attached hydrogens (tertiary/aromatic N) is 2. The first-order valence-corrected chi connectivity index (χ1v) is 11.5. The number of rotatable bonds is 7. The van der Waals surface area contributed by atoms with Crippen LogP contribution in [-0.2, 0) is 14.8 Å². The summed E-state index contributed by atoms with van der Waals surface area (Å²) >= 11 is 0. The summed E-state index contributed by atoms with van der Waals surface area (Å²) in [6.45, 7) is 0.790. The van der Waals surface area contributed by atoms with E-state index in [1.54, 1.807) is 0 Å². The first kappa shape index (κ1) is 24.1. The number of carbonyl (C=O) groups excluding carboxylic acids is 2. The van der Waals surface area contributed by atoms with Crippen molar-refractivity contribution in [3.8, 4) is 5.75 Å². The van der Waals surface area contributed by atoms with Gasteiger partial charge in [-0.2, -0.15) is 4.31 Å². The van der Waals surface area contributed by atoms with Gasteiger partial charge in [0.1, 0.15) is 10.6 Å². The third-order valence-electron chi connectivity index (χ3n) is 5.17. The molecule has 3 rings (SSSR count). The summed E-state index contributed by atoms with van der Waals surface area (Å²) in [5, 5.41) is 13.7. The molecule has 0 unspecified atom stereocenters. The topological polar surface area (TPSA) is 145 Å². The van der Waals surface area contributed by atoms with Crippen molar-refractivity contribution in [3.05, 3.63) is 57.6 Å². The van der Waals surface area contributed by atoms with E-state index in [0.29, 0.717) is 13.1 Å². The van der Waals surface area contributed by atoms with Crippen LogP contribution in [0.25, 0.3) is 0 Å². The molecule has 1 saturated heterocycles. The maximum absolute atomic E-state index is 13.2. The van der Waals surface area contributed by atoms with Crippen molar-refractivity contribution >= 4 is 33.3 Å². The number of piperidine rings is 1. The van der Waals surface area contributed by atoms with Crippen LogP contribution < -0.4 is 10.1 Å². The fraction of sp³-hybridized carbons (Fsp3) is 0.333. The summed E-state index contributed by atoms with van der Waals surface area (Å²) in [4.78, 5) is 35.0. The van der Waals surface area contributed by atoms with Crippen LogP contribution in [0.3, 0.4) is 0 Å². The SMILES string of the molecule is COC(=O)c1cc(C(=O)Nc2ccc(OC)c(S(=O)(=O)N3CCCCC3)c2)cc([N+](=O)[O-])c1. The molecule has 0 saturated carbocycles. The number of esters is 1. The number of benzene rings is 2. The predicted octanol–water partition coefficient (Wildman–Crippen LogP) is 2.82. The van der Waals surface area contributed by atoms with Gasteiger partial charge in [0, 0.05) is 36.5 Å². The summed E-state index contributed by atoms with van der Waals surface area (Å²) in [5.74, 6) is -1.48. The zero-order valence-corrected chi connectivity index (χ0v) is 18.9. The van der Waals surface area contributed by atoms with Crippen LogP contribution in [0.4, 0.5) is 11.4 Å². The van der Waals surface area contributed by atoms with Crippen molar-refractivity contribution in [1.29, 1.82) is 0 Å². The molecule has 12 heteroatoms. The van der Waals surface area contributed by atoms with E-state index in [1.807, 2.05) is 0 Å². The molecule has 11 nitrogen and oxygen atoms in total. The number of methoxy groups -OCH3 is 2. The molecule has 0 spiro atoms. The van der Waals surface area contributed by atoms with Gasteiger partial charge in [0.15, 0.2) is 0 Å². The lowest BCUT2D eigenvalue weighted by molar-refractivity contribution is -0.384. The molecule has 1 N–H and O–H groups in total. The molecule has 1 fully saturated rings. The Bertz CT molecular complexity index is 1190. The molecule has 1 aliphatic rings. The Kier molecular flexibility index (Phi) is 7.29. The van der Waals surface area contributed by atoms with Crippen LogP contribution in [0, 0.1) is 10.1 Å². The molecule has 1 heterocycles. The fourth-order valence-corrected chi connectivity index (χ4v) is 5.19. The lowest BCUT2D eigenvalue weighted by Crippen LogP contribution is -2.35. The Labute approximate surface area is 190 Å². The first-order valence-electron chi connectivity index (χ1n) is 10.0. The average Bonchev–Trinajstić information content (AvgIpc) is 2.83. The molecule has 1 aliphatic heterocycles. The molecule has 2 aromatic carbocycles. The quantitative estimate of drug-likeness (QED) is 0.364. The molecule has 0 bridgehead atoms. The smallest absolute Gasteiger partial charge is 0.338 e. The zero-order chi connectivity index (χ0) is 24.2. The number of hydrogen-bond donors (Lipinski definition) is 1. The van der Waals surface area contributed by atoms with Crippen LogP contribution in [0.5, 0.6) is 5.75 Å². The van der Waals surface area contributed by atoms with Gasteiger partial charge in [-0.1, -0.05) is 6.42 Å². The van der Waals surface area contributed by atoms with Gasteiger partial charge in [0.2, 0.25) is 10.0 Å². The highest BCUT2D eigenvalue weighted by Gasteiger charge is 2.29. The summed E-state index contributed by atoms with van der Waals surface area (Å²) in [5.41, 5.74) is -0.658. The third kappa shape index (κ3) is 5.29. The monoisotopic (exact) mass is 477 g/mol. The predicted molar refractivity (Wildman–Crippen MR) is 118 cm³/mol. The highest BCUT2D eigenvalue weighted by molar-refractivity contribution is 7.89. The van der Waals surface area contributed by atoms with Crippen molar-refractivity contribution in [3.63, 3.8) is 0 Å². The van der Waals surface area contributed by atoms with Gasteiger partial charge in [0.25, 0.3) is 11.6 Å². The van der Waals surface area contributed by atoms with E-state index in [0.717, 1.165) is 44.6 Å².